The molecular formula is C21H23N2OS+. The lowest BCUT2D eigenvalue weighted by Gasteiger charge is -2.19. The number of hydrogen-bond donors (Lipinski definition) is 2. The third kappa shape index (κ3) is 4.56. The summed E-state index contributed by atoms with van der Waals surface area (Å²) in [6.45, 7) is 3.97. The zero-order chi connectivity index (χ0) is 17.6. The molecule has 0 unspecified atom stereocenters. The zero-order valence-corrected chi connectivity index (χ0v) is 15.3. The molecule has 0 aliphatic carbocycles. The van der Waals surface area contributed by atoms with Crippen LogP contribution in [0.4, 0.5) is 5.69 Å². The first-order chi connectivity index (χ1) is 12.1. The Morgan fingerprint density at radius 3 is 2.52 bits per heavy atom. The molecule has 0 aliphatic heterocycles. The largest absolute Gasteiger partial charge is 0.326 e. The maximum absolute atomic E-state index is 12.6. The molecule has 4 heteroatoms. The number of amides is 1. The van der Waals surface area contributed by atoms with Gasteiger partial charge >= 0.3 is 0 Å². The minimum Gasteiger partial charge on any atom is -0.326 e. The predicted molar refractivity (Wildman–Crippen MR) is 104 cm³/mol. The molecule has 1 aromatic heterocycles. The number of aryl methyl sites for hydroxylation is 1. The molecule has 128 valence electrons. The van der Waals surface area contributed by atoms with Crippen molar-refractivity contribution in [2.24, 2.45) is 0 Å². The number of thiophene rings is 1. The molecule has 0 saturated carbocycles. The van der Waals surface area contributed by atoms with E-state index in [2.05, 4.69) is 40.3 Å². The van der Waals surface area contributed by atoms with Crippen molar-refractivity contribution in [1.29, 1.82) is 0 Å². The lowest BCUT2D eigenvalue weighted by molar-refractivity contribution is -0.703. The predicted octanol–water partition coefficient (Wildman–Crippen LogP) is 3.74. The molecule has 1 amide bonds. The standard InChI is InChI=1S/C21H22N2OS/c1-15-8-6-11-18(14-15)23-21(24)16(2)22-20(19-12-7-13-25-19)17-9-4-3-5-10-17/h3-14,16,20,22H,1-2H3,(H,23,24)/p+1/t16-,20-/m0/s1. The summed E-state index contributed by atoms with van der Waals surface area (Å²) >= 11 is 1.72. The van der Waals surface area contributed by atoms with Crippen LogP contribution in [-0.2, 0) is 4.79 Å². The van der Waals surface area contributed by atoms with Gasteiger partial charge < -0.3 is 10.6 Å². The molecule has 25 heavy (non-hydrogen) atoms. The molecule has 0 bridgehead atoms. The Morgan fingerprint density at radius 1 is 1.04 bits per heavy atom. The number of nitrogens with one attached hydrogen (secondary N) is 1. The van der Waals surface area contributed by atoms with Crippen LogP contribution in [0.1, 0.15) is 29.0 Å². The van der Waals surface area contributed by atoms with Crippen molar-refractivity contribution in [3.63, 3.8) is 0 Å². The Kier molecular flexibility index (Phi) is 5.64. The summed E-state index contributed by atoms with van der Waals surface area (Å²) in [7, 11) is 0. The van der Waals surface area contributed by atoms with Gasteiger partial charge in [-0.2, -0.15) is 0 Å². The molecule has 1 heterocycles. The third-order valence-corrected chi connectivity index (χ3v) is 5.14. The molecule has 0 aliphatic rings. The van der Waals surface area contributed by atoms with Crippen molar-refractivity contribution >= 4 is 22.9 Å². The van der Waals surface area contributed by atoms with Gasteiger partial charge in [0.15, 0.2) is 6.04 Å². The number of carbonyl (C=O) groups is 1. The molecule has 0 fully saturated rings. The minimum absolute atomic E-state index is 0.0167. The van der Waals surface area contributed by atoms with Crippen molar-refractivity contribution in [2.45, 2.75) is 25.9 Å². The van der Waals surface area contributed by atoms with Crippen LogP contribution in [0.2, 0.25) is 0 Å². The average Bonchev–Trinajstić information content (AvgIpc) is 3.14. The summed E-state index contributed by atoms with van der Waals surface area (Å²) in [6.07, 6.45) is 0. The van der Waals surface area contributed by atoms with E-state index in [0.717, 1.165) is 11.3 Å². The number of nitrogens with two attached hydrogens (primary N) is 1. The van der Waals surface area contributed by atoms with Gasteiger partial charge in [0.05, 0.1) is 4.88 Å². The van der Waals surface area contributed by atoms with Gasteiger partial charge in [0.1, 0.15) is 6.04 Å². The second-order valence-corrected chi connectivity index (χ2v) is 7.22. The highest BCUT2D eigenvalue weighted by atomic mass is 32.1. The van der Waals surface area contributed by atoms with Crippen molar-refractivity contribution in [2.75, 3.05) is 5.32 Å². The van der Waals surface area contributed by atoms with Crippen LogP contribution >= 0.6 is 11.3 Å². The molecule has 3 nitrogen and oxygen atoms in total. The summed E-state index contributed by atoms with van der Waals surface area (Å²) in [4.78, 5) is 13.9. The second-order valence-electron chi connectivity index (χ2n) is 6.24. The first-order valence-electron chi connectivity index (χ1n) is 8.44. The van der Waals surface area contributed by atoms with Crippen LogP contribution in [0.5, 0.6) is 0 Å². The van der Waals surface area contributed by atoms with Gasteiger partial charge in [-0.3, -0.25) is 4.79 Å². The minimum atomic E-state index is -0.201. The molecule has 3 N–H and O–H groups in total. The molecule has 0 radical (unpaired) electrons. The van der Waals surface area contributed by atoms with Gasteiger partial charge in [-0.15, -0.1) is 11.3 Å². The Hall–Kier alpha value is -2.43. The molecule has 0 saturated heterocycles. The highest BCUT2D eigenvalue weighted by molar-refractivity contribution is 7.10. The van der Waals surface area contributed by atoms with E-state index in [-0.39, 0.29) is 18.0 Å². The fourth-order valence-electron chi connectivity index (χ4n) is 2.85. The van der Waals surface area contributed by atoms with Crippen LogP contribution < -0.4 is 10.6 Å². The lowest BCUT2D eigenvalue weighted by Crippen LogP contribution is -2.92. The number of quaternary nitrogens is 1. The molecule has 0 spiro atoms. The fourth-order valence-corrected chi connectivity index (χ4v) is 3.69. The number of hydrogen-bond acceptors (Lipinski definition) is 2. The Balaban J connectivity index is 1.74. The van der Waals surface area contributed by atoms with E-state index >= 15 is 0 Å². The Labute approximate surface area is 152 Å². The van der Waals surface area contributed by atoms with Gasteiger partial charge in [-0.05, 0) is 43.0 Å². The van der Waals surface area contributed by atoms with E-state index in [0.29, 0.717) is 0 Å². The van der Waals surface area contributed by atoms with Gasteiger partial charge in [-0.1, -0.05) is 48.5 Å². The van der Waals surface area contributed by atoms with Crippen LogP contribution in [0, 0.1) is 6.92 Å². The van der Waals surface area contributed by atoms with Gasteiger partial charge in [0, 0.05) is 11.3 Å². The summed E-state index contributed by atoms with van der Waals surface area (Å²) in [5.74, 6) is 0.0167. The van der Waals surface area contributed by atoms with E-state index in [4.69, 9.17) is 0 Å². The summed E-state index contributed by atoms with van der Waals surface area (Å²) in [6, 6.07) is 22.3. The summed E-state index contributed by atoms with van der Waals surface area (Å²) in [5.41, 5.74) is 3.19. The number of carbonyl (C=O) groups excluding carboxylic acids is 1. The van der Waals surface area contributed by atoms with Crippen molar-refractivity contribution < 1.29 is 10.1 Å². The van der Waals surface area contributed by atoms with Crippen molar-refractivity contribution in [3.05, 3.63) is 88.1 Å². The van der Waals surface area contributed by atoms with Crippen LogP contribution in [0.15, 0.2) is 72.1 Å². The van der Waals surface area contributed by atoms with E-state index in [1.54, 1.807) is 11.3 Å². The van der Waals surface area contributed by atoms with Gasteiger partial charge in [0.2, 0.25) is 0 Å². The number of benzene rings is 2. The van der Waals surface area contributed by atoms with E-state index < -0.39 is 0 Å². The maximum Gasteiger partial charge on any atom is 0.282 e. The zero-order valence-electron chi connectivity index (χ0n) is 14.5. The van der Waals surface area contributed by atoms with Gasteiger partial charge in [0.25, 0.3) is 5.91 Å². The maximum atomic E-state index is 12.6. The van der Waals surface area contributed by atoms with Crippen molar-refractivity contribution in [3.8, 4) is 0 Å². The highest BCUT2D eigenvalue weighted by Gasteiger charge is 2.25. The Bertz CT molecular complexity index is 815. The lowest BCUT2D eigenvalue weighted by atomic mass is 10.0. The van der Waals surface area contributed by atoms with E-state index in [9.17, 15) is 4.79 Å². The van der Waals surface area contributed by atoms with E-state index in [1.807, 2.05) is 56.3 Å². The summed E-state index contributed by atoms with van der Waals surface area (Å²) in [5, 5.41) is 7.23. The highest BCUT2D eigenvalue weighted by Crippen LogP contribution is 2.22. The second kappa shape index (κ2) is 8.10. The quantitative estimate of drug-likeness (QED) is 0.698. The molecule has 2 atom stereocenters. The number of anilines is 1. The first-order valence-corrected chi connectivity index (χ1v) is 9.32. The van der Waals surface area contributed by atoms with Crippen LogP contribution in [0.25, 0.3) is 0 Å². The van der Waals surface area contributed by atoms with Crippen LogP contribution in [0.3, 0.4) is 0 Å². The Morgan fingerprint density at radius 2 is 1.84 bits per heavy atom. The topological polar surface area (TPSA) is 45.7 Å². The molecule has 2 aromatic carbocycles. The van der Waals surface area contributed by atoms with E-state index in [1.165, 1.54) is 10.4 Å². The summed E-state index contributed by atoms with van der Waals surface area (Å²) < 4.78 is 0. The first kappa shape index (κ1) is 17.4. The molecule has 3 aromatic rings. The SMILES string of the molecule is Cc1cccc(NC(=O)[C@H](C)[NH2+][C@@H](c2ccccc2)c2cccs2)c1. The molecule has 3 rings (SSSR count). The third-order valence-electron chi connectivity index (χ3n) is 4.19. The normalized spacial score (nSPS) is 13.2. The van der Waals surface area contributed by atoms with Crippen LogP contribution in [-0.4, -0.2) is 11.9 Å². The van der Waals surface area contributed by atoms with Crippen molar-refractivity contribution in [1.82, 2.24) is 0 Å². The fraction of sp³-hybridized carbons (Fsp3) is 0.190. The average molecular weight is 351 g/mol. The monoisotopic (exact) mass is 351 g/mol. The smallest absolute Gasteiger partial charge is 0.282 e. The van der Waals surface area contributed by atoms with Gasteiger partial charge in [-0.25, -0.2) is 0 Å². The number of rotatable bonds is 6. The molecular weight excluding hydrogens is 328 g/mol.